The number of hydrogen-bond donors (Lipinski definition) is 0. The number of carbonyl (C=O) groups excluding carboxylic acids is 2. The zero-order valence-corrected chi connectivity index (χ0v) is 15.8. The van der Waals surface area contributed by atoms with Crippen molar-refractivity contribution in [3.63, 3.8) is 0 Å². The first kappa shape index (κ1) is 23.5. The number of hydrogen-bond acceptors (Lipinski definition) is 4. The molecule has 0 unspecified atom stereocenters. The summed E-state index contributed by atoms with van der Waals surface area (Å²) in [6, 6.07) is 0. The second kappa shape index (κ2) is 9.38. The van der Waals surface area contributed by atoms with Crippen LogP contribution in [0.5, 0.6) is 0 Å². The van der Waals surface area contributed by atoms with E-state index in [-0.39, 0.29) is 56.9 Å². The van der Waals surface area contributed by atoms with Crippen LogP contribution in [0, 0.1) is 11.8 Å². The first-order valence-electron chi connectivity index (χ1n) is 9.58. The number of ether oxygens (including phenoxy) is 2. The topological polar surface area (TPSA) is 52.6 Å². The molecule has 0 radical (unpaired) electrons. The van der Waals surface area contributed by atoms with Crippen molar-refractivity contribution in [2.75, 3.05) is 0 Å². The van der Waals surface area contributed by atoms with Crippen LogP contribution in [0.25, 0.3) is 0 Å². The second-order valence-corrected chi connectivity index (χ2v) is 7.71. The zero-order valence-electron chi connectivity index (χ0n) is 15.8. The van der Waals surface area contributed by atoms with Gasteiger partial charge in [-0.05, 0) is 51.4 Å². The smallest absolute Gasteiger partial charge is 0.391 e. The van der Waals surface area contributed by atoms with E-state index in [2.05, 4.69) is 6.58 Å². The number of alkyl halides is 6. The SMILES string of the molecule is C=C(CC(=O)OC1CCC(C(F)(F)F)CC1)C(=O)OC1CCC(C(F)(F)F)CC1. The Labute approximate surface area is 164 Å². The van der Waals surface area contributed by atoms with Crippen LogP contribution < -0.4 is 0 Å². The van der Waals surface area contributed by atoms with Gasteiger partial charge >= 0.3 is 24.3 Å². The molecule has 0 spiro atoms. The van der Waals surface area contributed by atoms with Crippen molar-refractivity contribution < 1.29 is 45.4 Å². The number of carbonyl (C=O) groups is 2. The van der Waals surface area contributed by atoms with E-state index in [1.165, 1.54) is 0 Å². The van der Waals surface area contributed by atoms with Crippen molar-refractivity contribution in [1.29, 1.82) is 0 Å². The molecule has 4 nitrogen and oxygen atoms in total. The van der Waals surface area contributed by atoms with Gasteiger partial charge in [-0.3, -0.25) is 4.79 Å². The van der Waals surface area contributed by atoms with E-state index in [0.717, 1.165) is 0 Å². The van der Waals surface area contributed by atoms with Gasteiger partial charge in [-0.2, -0.15) is 26.3 Å². The molecule has 0 atom stereocenters. The minimum atomic E-state index is -4.26. The average Bonchev–Trinajstić information content (AvgIpc) is 2.61. The molecular weight excluding hydrogens is 406 g/mol. The molecule has 0 aromatic heterocycles. The molecule has 0 saturated heterocycles. The van der Waals surface area contributed by atoms with Crippen LogP contribution in [0.3, 0.4) is 0 Å². The molecule has 0 amide bonds. The summed E-state index contributed by atoms with van der Waals surface area (Å²) in [5.41, 5.74) is -0.197. The Morgan fingerprint density at radius 1 is 0.724 bits per heavy atom. The third kappa shape index (κ3) is 7.22. The molecule has 29 heavy (non-hydrogen) atoms. The Morgan fingerprint density at radius 3 is 1.48 bits per heavy atom. The fraction of sp³-hybridized carbons (Fsp3) is 0.789. The standard InChI is InChI=1S/C19H24F6O4/c1-11(17(27)29-15-8-4-13(5-9-15)19(23,24)25)10-16(26)28-14-6-2-12(3-7-14)18(20,21)22/h12-15H,1-10H2. The Morgan fingerprint density at radius 2 is 1.10 bits per heavy atom. The van der Waals surface area contributed by atoms with Gasteiger partial charge in [-0.15, -0.1) is 0 Å². The molecule has 2 saturated carbocycles. The maximum Gasteiger partial charge on any atom is 0.391 e. The van der Waals surface area contributed by atoms with Crippen molar-refractivity contribution in [1.82, 2.24) is 0 Å². The van der Waals surface area contributed by atoms with Crippen LogP contribution >= 0.6 is 0 Å². The predicted molar refractivity (Wildman–Crippen MR) is 89.5 cm³/mol. The van der Waals surface area contributed by atoms with Crippen LogP contribution in [0.1, 0.15) is 57.8 Å². The van der Waals surface area contributed by atoms with Gasteiger partial charge in [0.05, 0.1) is 18.3 Å². The highest BCUT2D eigenvalue weighted by atomic mass is 19.4. The number of esters is 2. The average molecular weight is 430 g/mol. The molecule has 0 aromatic rings. The Bertz CT molecular complexity index is 597. The number of halogens is 6. The highest BCUT2D eigenvalue weighted by Gasteiger charge is 2.43. The third-order valence-corrected chi connectivity index (χ3v) is 5.49. The lowest BCUT2D eigenvalue weighted by Crippen LogP contribution is -2.32. The maximum atomic E-state index is 12.6. The van der Waals surface area contributed by atoms with Crippen molar-refractivity contribution in [2.45, 2.75) is 82.3 Å². The minimum absolute atomic E-state index is 0.0795. The van der Waals surface area contributed by atoms with Gasteiger partial charge in [-0.25, -0.2) is 4.79 Å². The van der Waals surface area contributed by atoms with Gasteiger partial charge in [0.15, 0.2) is 0 Å². The monoisotopic (exact) mass is 430 g/mol. The fourth-order valence-corrected chi connectivity index (χ4v) is 3.72. The third-order valence-electron chi connectivity index (χ3n) is 5.49. The lowest BCUT2D eigenvalue weighted by Gasteiger charge is -2.30. The van der Waals surface area contributed by atoms with Crippen molar-refractivity contribution in [2.24, 2.45) is 11.8 Å². The lowest BCUT2D eigenvalue weighted by atomic mass is 9.87. The summed E-state index contributed by atoms with van der Waals surface area (Å²) in [7, 11) is 0. The molecule has 0 aliphatic heterocycles. The first-order valence-corrected chi connectivity index (χ1v) is 9.58. The zero-order chi connectivity index (χ0) is 21.8. The van der Waals surface area contributed by atoms with Crippen LogP contribution in [0.2, 0.25) is 0 Å². The lowest BCUT2D eigenvalue weighted by molar-refractivity contribution is -0.190. The van der Waals surface area contributed by atoms with Crippen molar-refractivity contribution >= 4 is 11.9 Å². The first-order chi connectivity index (χ1) is 13.4. The largest absolute Gasteiger partial charge is 0.462 e. The maximum absolute atomic E-state index is 12.6. The van der Waals surface area contributed by atoms with Crippen LogP contribution in [0.4, 0.5) is 26.3 Å². The van der Waals surface area contributed by atoms with Crippen LogP contribution in [0.15, 0.2) is 12.2 Å². The van der Waals surface area contributed by atoms with Gasteiger partial charge in [0.25, 0.3) is 0 Å². The summed E-state index contributed by atoms with van der Waals surface area (Å²) in [4.78, 5) is 23.9. The van der Waals surface area contributed by atoms with E-state index in [1.54, 1.807) is 0 Å². The van der Waals surface area contributed by atoms with Gasteiger partial charge in [-0.1, -0.05) is 6.58 Å². The molecule has 0 aromatic carbocycles. The van der Waals surface area contributed by atoms with Gasteiger partial charge in [0.1, 0.15) is 12.2 Å². The summed E-state index contributed by atoms with van der Waals surface area (Å²) in [6.45, 7) is 3.45. The quantitative estimate of drug-likeness (QED) is 0.339. The highest BCUT2D eigenvalue weighted by Crippen LogP contribution is 2.39. The van der Waals surface area contributed by atoms with E-state index in [1.807, 2.05) is 0 Å². The normalized spacial score (nSPS) is 28.5. The molecule has 2 aliphatic rings. The molecule has 2 fully saturated rings. The minimum Gasteiger partial charge on any atom is -0.462 e. The summed E-state index contributed by atoms with van der Waals surface area (Å²) in [5.74, 6) is -4.46. The molecule has 0 N–H and O–H groups in total. The van der Waals surface area contributed by atoms with Crippen LogP contribution in [-0.2, 0) is 19.1 Å². The van der Waals surface area contributed by atoms with E-state index in [0.29, 0.717) is 0 Å². The van der Waals surface area contributed by atoms with Crippen molar-refractivity contribution in [3.8, 4) is 0 Å². The molecule has 2 rings (SSSR count). The van der Waals surface area contributed by atoms with Gasteiger partial charge in [0.2, 0.25) is 0 Å². The molecule has 0 heterocycles. The van der Waals surface area contributed by atoms with E-state index in [4.69, 9.17) is 9.47 Å². The van der Waals surface area contributed by atoms with E-state index >= 15 is 0 Å². The summed E-state index contributed by atoms with van der Waals surface area (Å²) >= 11 is 0. The molecule has 2 aliphatic carbocycles. The fourth-order valence-electron chi connectivity index (χ4n) is 3.72. The van der Waals surface area contributed by atoms with Gasteiger partial charge in [0, 0.05) is 5.57 Å². The van der Waals surface area contributed by atoms with Crippen molar-refractivity contribution in [3.05, 3.63) is 12.2 Å². The second-order valence-electron chi connectivity index (χ2n) is 7.71. The molecule has 166 valence electrons. The summed E-state index contributed by atoms with van der Waals surface area (Å²) in [6.07, 6.45) is -10.4. The Kier molecular flexibility index (Phi) is 7.62. The Hall–Kier alpha value is -1.74. The Balaban J connectivity index is 1.69. The number of rotatable bonds is 5. The van der Waals surface area contributed by atoms with E-state index in [9.17, 15) is 35.9 Å². The molecule has 0 bridgehead atoms. The predicted octanol–water partition coefficient (Wildman–Crippen LogP) is 5.26. The summed E-state index contributed by atoms with van der Waals surface area (Å²) in [5, 5.41) is 0. The highest BCUT2D eigenvalue weighted by molar-refractivity contribution is 5.93. The van der Waals surface area contributed by atoms with Gasteiger partial charge < -0.3 is 9.47 Å². The molecular formula is C19H24F6O4. The summed E-state index contributed by atoms with van der Waals surface area (Å²) < 4.78 is 86.1. The van der Waals surface area contributed by atoms with E-state index < -0.39 is 54.8 Å². The molecule has 10 heteroatoms. The van der Waals surface area contributed by atoms with Crippen LogP contribution in [-0.4, -0.2) is 36.5 Å².